The highest BCUT2D eigenvalue weighted by atomic mass is 19.1. The number of ether oxygens (including phenoxy) is 1. The van der Waals surface area contributed by atoms with E-state index in [1.165, 1.54) is 31.0 Å². The SMILES string of the molecule is NC(=O)c1ccc(N2CCOCC2)cc1C1CCC(CCN2CCC(c3noc4ccc(F)cc34)CC2)CC1. The van der Waals surface area contributed by atoms with Crippen LogP contribution in [0.2, 0.25) is 0 Å². The Morgan fingerprint density at radius 3 is 2.46 bits per heavy atom. The fourth-order valence-electron chi connectivity index (χ4n) is 6.91. The van der Waals surface area contributed by atoms with Crippen LogP contribution >= 0.6 is 0 Å². The summed E-state index contributed by atoms with van der Waals surface area (Å²) in [6.07, 6.45) is 7.87. The van der Waals surface area contributed by atoms with Gasteiger partial charge in [0.25, 0.3) is 0 Å². The number of aromatic nitrogens is 1. The molecule has 1 saturated carbocycles. The number of benzene rings is 2. The number of piperidine rings is 1. The number of nitrogens with zero attached hydrogens (tertiary/aromatic N) is 3. The van der Waals surface area contributed by atoms with E-state index < -0.39 is 0 Å². The zero-order valence-corrected chi connectivity index (χ0v) is 22.6. The minimum Gasteiger partial charge on any atom is -0.378 e. The van der Waals surface area contributed by atoms with E-state index in [2.05, 4.69) is 21.0 Å². The Morgan fingerprint density at radius 2 is 1.72 bits per heavy atom. The molecular weight excluding hydrogens is 495 g/mol. The number of primary amides is 1. The third-order valence-corrected chi connectivity index (χ3v) is 9.25. The Morgan fingerprint density at radius 1 is 0.949 bits per heavy atom. The molecule has 7 nitrogen and oxygen atoms in total. The molecule has 2 saturated heterocycles. The molecule has 2 N–H and O–H groups in total. The first-order chi connectivity index (χ1) is 19.0. The number of anilines is 1. The maximum absolute atomic E-state index is 13.8. The normalized spacial score (nSPS) is 23.4. The van der Waals surface area contributed by atoms with Crippen LogP contribution in [0.4, 0.5) is 10.1 Å². The van der Waals surface area contributed by atoms with Crippen molar-refractivity contribution in [3.05, 3.63) is 59.0 Å². The van der Waals surface area contributed by atoms with E-state index in [1.54, 1.807) is 12.1 Å². The lowest BCUT2D eigenvalue weighted by Gasteiger charge is -2.34. The summed E-state index contributed by atoms with van der Waals surface area (Å²) in [4.78, 5) is 17.1. The van der Waals surface area contributed by atoms with Crippen molar-refractivity contribution in [2.75, 3.05) is 50.8 Å². The molecule has 3 aliphatic rings. The van der Waals surface area contributed by atoms with Gasteiger partial charge in [0, 0.05) is 35.6 Å². The van der Waals surface area contributed by atoms with E-state index in [0.29, 0.717) is 23.0 Å². The molecule has 0 unspecified atom stereocenters. The summed E-state index contributed by atoms with van der Waals surface area (Å²) in [6, 6.07) is 10.8. The lowest BCUT2D eigenvalue weighted by Crippen LogP contribution is -2.36. The fraction of sp³-hybridized carbons (Fsp3) is 0.548. The number of likely N-dealkylation sites (tertiary alicyclic amines) is 1. The standard InChI is InChI=1S/C31H39FN4O3/c32-24-5-8-29-28(19-24)30(34-39-29)23-10-13-35(14-11-23)12-9-21-1-3-22(4-2-21)27-20-25(6-7-26(27)31(33)37)36-15-17-38-18-16-36/h5-8,19-23H,1-4,9-18H2,(H2,33,37). The van der Waals surface area contributed by atoms with Crippen LogP contribution in [0.1, 0.15) is 78.4 Å². The van der Waals surface area contributed by atoms with Crippen molar-refractivity contribution in [2.24, 2.45) is 11.7 Å². The summed E-state index contributed by atoms with van der Waals surface area (Å²) in [5, 5.41) is 5.11. The number of amides is 1. The molecule has 3 fully saturated rings. The molecular formula is C31H39FN4O3. The van der Waals surface area contributed by atoms with Crippen molar-refractivity contribution in [1.82, 2.24) is 10.1 Å². The predicted molar refractivity (Wildman–Crippen MR) is 150 cm³/mol. The summed E-state index contributed by atoms with van der Waals surface area (Å²) in [5.74, 6) is 0.874. The first-order valence-corrected chi connectivity index (χ1v) is 14.6. The van der Waals surface area contributed by atoms with Crippen molar-refractivity contribution in [3.8, 4) is 0 Å². The van der Waals surface area contributed by atoms with Gasteiger partial charge in [-0.2, -0.15) is 0 Å². The van der Waals surface area contributed by atoms with E-state index in [1.807, 2.05) is 12.1 Å². The Bertz CT molecular complexity index is 1290. The second kappa shape index (κ2) is 11.6. The number of carbonyl (C=O) groups is 1. The van der Waals surface area contributed by atoms with Gasteiger partial charge in [-0.05, 0) is 118 Å². The van der Waals surface area contributed by atoms with Gasteiger partial charge >= 0.3 is 0 Å². The molecule has 3 heterocycles. The molecule has 6 rings (SSSR count). The number of fused-ring (bicyclic) bond motifs is 1. The average molecular weight is 535 g/mol. The molecule has 1 aromatic heterocycles. The van der Waals surface area contributed by atoms with Gasteiger partial charge in [0.05, 0.1) is 18.9 Å². The number of nitrogens with two attached hydrogens (primary N) is 1. The van der Waals surface area contributed by atoms with Crippen molar-refractivity contribution >= 4 is 22.6 Å². The average Bonchev–Trinajstić information content (AvgIpc) is 3.40. The molecule has 0 atom stereocenters. The number of morpholine rings is 1. The van der Waals surface area contributed by atoms with Crippen LogP contribution in [0.5, 0.6) is 0 Å². The van der Waals surface area contributed by atoms with E-state index in [4.69, 9.17) is 15.0 Å². The maximum atomic E-state index is 13.8. The molecule has 0 bridgehead atoms. The van der Waals surface area contributed by atoms with Crippen molar-refractivity contribution in [1.29, 1.82) is 0 Å². The van der Waals surface area contributed by atoms with Gasteiger partial charge in [-0.25, -0.2) is 4.39 Å². The Hall–Kier alpha value is -2.97. The number of rotatable bonds is 7. The highest BCUT2D eigenvalue weighted by molar-refractivity contribution is 5.95. The third kappa shape index (κ3) is 5.82. The van der Waals surface area contributed by atoms with Crippen molar-refractivity contribution < 1.29 is 18.4 Å². The monoisotopic (exact) mass is 534 g/mol. The van der Waals surface area contributed by atoms with Crippen LogP contribution in [0, 0.1) is 11.7 Å². The zero-order chi connectivity index (χ0) is 26.8. The minimum absolute atomic E-state index is 0.241. The summed E-state index contributed by atoms with van der Waals surface area (Å²) < 4.78 is 24.7. The Labute approximate surface area is 229 Å². The largest absolute Gasteiger partial charge is 0.378 e. The van der Waals surface area contributed by atoms with Crippen LogP contribution in [-0.2, 0) is 4.74 Å². The summed E-state index contributed by atoms with van der Waals surface area (Å²) in [5.41, 5.74) is 10.3. The van der Waals surface area contributed by atoms with Gasteiger partial charge in [-0.15, -0.1) is 0 Å². The van der Waals surface area contributed by atoms with Crippen molar-refractivity contribution in [3.63, 3.8) is 0 Å². The fourth-order valence-corrected chi connectivity index (χ4v) is 6.91. The third-order valence-electron chi connectivity index (χ3n) is 9.25. The maximum Gasteiger partial charge on any atom is 0.248 e. The second-order valence-electron chi connectivity index (χ2n) is 11.6. The van der Waals surface area contributed by atoms with Gasteiger partial charge in [0.15, 0.2) is 5.58 Å². The van der Waals surface area contributed by atoms with Crippen LogP contribution in [0.25, 0.3) is 11.0 Å². The smallest absolute Gasteiger partial charge is 0.248 e. The number of halogens is 1. The Balaban J connectivity index is 1.00. The highest BCUT2D eigenvalue weighted by Crippen LogP contribution is 2.40. The van der Waals surface area contributed by atoms with Gasteiger partial charge in [0.2, 0.25) is 5.91 Å². The molecule has 39 heavy (non-hydrogen) atoms. The second-order valence-corrected chi connectivity index (χ2v) is 11.6. The zero-order valence-electron chi connectivity index (χ0n) is 22.6. The lowest BCUT2D eigenvalue weighted by molar-refractivity contribution is 0.0998. The number of carbonyl (C=O) groups excluding carboxylic acids is 1. The molecule has 1 amide bonds. The van der Waals surface area contributed by atoms with E-state index in [-0.39, 0.29) is 11.7 Å². The van der Waals surface area contributed by atoms with Crippen molar-refractivity contribution in [2.45, 2.75) is 56.8 Å². The van der Waals surface area contributed by atoms with Gasteiger partial charge < -0.3 is 24.8 Å². The predicted octanol–water partition coefficient (Wildman–Crippen LogP) is 5.45. The van der Waals surface area contributed by atoms with E-state index in [0.717, 1.165) is 94.2 Å². The first-order valence-electron chi connectivity index (χ1n) is 14.6. The lowest BCUT2D eigenvalue weighted by atomic mass is 9.76. The van der Waals surface area contributed by atoms with Gasteiger partial charge in [0.1, 0.15) is 5.82 Å². The van der Waals surface area contributed by atoms with Crippen LogP contribution in [0.3, 0.4) is 0 Å². The molecule has 0 radical (unpaired) electrons. The number of hydrogen-bond acceptors (Lipinski definition) is 6. The Kier molecular flexibility index (Phi) is 7.84. The van der Waals surface area contributed by atoms with E-state index >= 15 is 0 Å². The molecule has 8 heteroatoms. The van der Waals surface area contributed by atoms with Crippen LogP contribution < -0.4 is 10.6 Å². The first kappa shape index (κ1) is 26.3. The number of hydrogen-bond donors (Lipinski definition) is 1. The highest BCUT2D eigenvalue weighted by Gasteiger charge is 2.28. The van der Waals surface area contributed by atoms with Gasteiger partial charge in [-0.3, -0.25) is 4.79 Å². The molecule has 208 valence electrons. The molecule has 1 aliphatic carbocycles. The summed E-state index contributed by atoms with van der Waals surface area (Å²) >= 11 is 0. The minimum atomic E-state index is -0.326. The van der Waals surface area contributed by atoms with Crippen LogP contribution in [-0.4, -0.2) is 61.9 Å². The van der Waals surface area contributed by atoms with E-state index in [9.17, 15) is 9.18 Å². The molecule has 2 aliphatic heterocycles. The molecule has 0 spiro atoms. The molecule has 2 aromatic carbocycles. The summed E-state index contributed by atoms with van der Waals surface area (Å²) in [7, 11) is 0. The summed E-state index contributed by atoms with van der Waals surface area (Å²) in [6.45, 7) is 6.45. The quantitative estimate of drug-likeness (QED) is 0.434. The molecule has 3 aromatic rings. The van der Waals surface area contributed by atoms with Gasteiger partial charge in [-0.1, -0.05) is 5.16 Å². The van der Waals surface area contributed by atoms with Crippen LogP contribution in [0.15, 0.2) is 40.9 Å². The topological polar surface area (TPSA) is 84.8 Å².